The number of hydrogen-bond donors (Lipinski definition) is 2. The Hall–Kier alpha value is -1.15. The number of aliphatic hydroxyl groups is 1. The largest absolute Gasteiger partial charge is 0.391 e. The van der Waals surface area contributed by atoms with Crippen molar-refractivity contribution >= 4 is 18.3 Å². The first-order valence-corrected chi connectivity index (χ1v) is 8.05. The summed E-state index contributed by atoms with van der Waals surface area (Å²) in [5.41, 5.74) is 8.91. The molecular weight excluding hydrogens is 332 g/mol. The van der Waals surface area contributed by atoms with E-state index >= 15 is 0 Å². The summed E-state index contributed by atoms with van der Waals surface area (Å²) in [6.07, 6.45) is 0.387. The first-order chi connectivity index (χ1) is 10.8. The molecule has 138 valence electrons. The summed E-state index contributed by atoms with van der Waals surface area (Å²) in [4.78, 5) is 14.7. The van der Waals surface area contributed by atoms with Gasteiger partial charge in [0.15, 0.2) is 0 Å². The Morgan fingerprint density at radius 3 is 2.58 bits per heavy atom. The molecule has 0 unspecified atom stereocenters. The highest BCUT2D eigenvalue weighted by atomic mass is 35.5. The van der Waals surface area contributed by atoms with Crippen molar-refractivity contribution in [3.8, 4) is 0 Å². The minimum Gasteiger partial charge on any atom is -0.391 e. The number of aliphatic hydroxyl groups excluding tert-OH is 1. The van der Waals surface area contributed by atoms with Gasteiger partial charge in [0.05, 0.1) is 18.4 Å². The predicted octanol–water partition coefficient (Wildman–Crippen LogP) is 0.532. The van der Waals surface area contributed by atoms with Crippen LogP contribution in [0.5, 0.6) is 0 Å². The normalized spacial score (nSPS) is 23.2. The Labute approximate surface area is 149 Å². The van der Waals surface area contributed by atoms with Gasteiger partial charge in [-0.05, 0) is 26.7 Å². The average Bonchev–Trinajstić information content (AvgIpc) is 2.96. The number of methoxy groups -OCH3 is 1. The van der Waals surface area contributed by atoms with Gasteiger partial charge in [-0.2, -0.15) is 5.10 Å². The van der Waals surface area contributed by atoms with Gasteiger partial charge in [0, 0.05) is 50.5 Å². The summed E-state index contributed by atoms with van der Waals surface area (Å²) < 4.78 is 6.97. The van der Waals surface area contributed by atoms with Crippen LogP contribution in [0.25, 0.3) is 0 Å². The molecule has 1 fully saturated rings. The van der Waals surface area contributed by atoms with Crippen molar-refractivity contribution in [1.29, 1.82) is 0 Å². The van der Waals surface area contributed by atoms with E-state index in [-0.39, 0.29) is 30.3 Å². The van der Waals surface area contributed by atoms with Gasteiger partial charge in [-0.15, -0.1) is 12.4 Å². The molecule has 1 aromatic heterocycles. The van der Waals surface area contributed by atoms with Crippen molar-refractivity contribution in [3.63, 3.8) is 0 Å². The molecule has 0 spiro atoms. The van der Waals surface area contributed by atoms with E-state index in [0.29, 0.717) is 32.5 Å². The number of rotatable bonds is 6. The molecular formula is C16H29ClN4O3. The fourth-order valence-corrected chi connectivity index (χ4v) is 3.21. The zero-order chi connectivity index (χ0) is 17.1. The fraction of sp³-hybridized carbons (Fsp3) is 0.750. The van der Waals surface area contributed by atoms with E-state index < -0.39 is 6.10 Å². The Balaban J connectivity index is 0.00000288. The standard InChI is InChI=1S/C16H28N4O3.ClH/c1-10-13(11(2)19(3)18-10)9-20(5-6-23-4)16(22)12-7-14(17)15(21)8-12;/h12,14-15,21H,5-9,17H2,1-4H3;1H/t12-,14-,15-;/m0./s1. The summed E-state index contributed by atoms with van der Waals surface area (Å²) in [7, 11) is 3.53. The van der Waals surface area contributed by atoms with Crippen molar-refractivity contribution in [1.82, 2.24) is 14.7 Å². The second kappa shape index (κ2) is 8.80. The van der Waals surface area contributed by atoms with Crippen LogP contribution in [0.1, 0.15) is 29.8 Å². The van der Waals surface area contributed by atoms with E-state index in [1.807, 2.05) is 25.6 Å². The molecule has 3 atom stereocenters. The Bertz CT molecular complexity index is 554. The zero-order valence-electron chi connectivity index (χ0n) is 14.9. The van der Waals surface area contributed by atoms with Crippen LogP contribution in [-0.2, 0) is 23.1 Å². The molecule has 8 heteroatoms. The Morgan fingerprint density at radius 2 is 2.12 bits per heavy atom. The van der Waals surface area contributed by atoms with Crippen molar-refractivity contribution in [2.45, 2.75) is 45.4 Å². The van der Waals surface area contributed by atoms with Crippen LogP contribution in [0.3, 0.4) is 0 Å². The first kappa shape index (κ1) is 20.9. The van der Waals surface area contributed by atoms with E-state index in [4.69, 9.17) is 10.5 Å². The third-order valence-corrected chi connectivity index (χ3v) is 4.81. The van der Waals surface area contributed by atoms with Gasteiger partial charge in [0.1, 0.15) is 0 Å². The quantitative estimate of drug-likeness (QED) is 0.772. The predicted molar refractivity (Wildman–Crippen MR) is 93.9 cm³/mol. The van der Waals surface area contributed by atoms with Crippen LogP contribution in [0.2, 0.25) is 0 Å². The third kappa shape index (κ3) is 4.47. The highest BCUT2D eigenvalue weighted by Gasteiger charge is 2.37. The molecule has 3 N–H and O–H groups in total. The van der Waals surface area contributed by atoms with Gasteiger partial charge < -0.3 is 20.5 Å². The highest BCUT2D eigenvalue weighted by Crippen LogP contribution is 2.27. The minimum absolute atomic E-state index is 0. The van der Waals surface area contributed by atoms with Crippen LogP contribution < -0.4 is 5.73 Å². The average molecular weight is 361 g/mol. The smallest absolute Gasteiger partial charge is 0.226 e. The Kier molecular flexibility index (Phi) is 7.66. The van der Waals surface area contributed by atoms with Gasteiger partial charge in [-0.3, -0.25) is 9.48 Å². The molecule has 24 heavy (non-hydrogen) atoms. The molecule has 0 aliphatic heterocycles. The summed E-state index contributed by atoms with van der Waals surface area (Å²) in [5, 5.41) is 14.2. The molecule has 1 amide bonds. The number of amides is 1. The molecule has 1 aromatic rings. The molecule has 1 aliphatic rings. The van der Waals surface area contributed by atoms with E-state index in [1.165, 1.54) is 0 Å². The molecule has 1 saturated carbocycles. The van der Waals surface area contributed by atoms with Crippen LogP contribution in [0.4, 0.5) is 0 Å². The summed E-state index contributed by atoms with van der Waals surface area (Å²) in [6, 6.07) is -0.310. The number of aryl methyl sites for hydroxylation is 2. The van der Waals surface area contributed by atoms with E-state index in [9.17, 15) is 9.90 Å². The summed E-state index contributed by atoms with van der Waals surface area (Å²) in [6.45, 7) is 5.46. The van der Waals surface area contributed by atoms with Crippen molar-refractivity contribution in [2.24, 2.45) is 18.7 Å². The fourth-order valence-electron chi connectivity index (χ4n) is 3.21. The number of carbonyl (C=O) groups is 1. The Morgan fingerprint density at radius 1 is 1.46 bits per heavy atom. The zero-order valence-corrected chi connectivity index (χ0v) is 15.7. The summed E-state index contributed by atoms with van der Waals surface area (Å²) >= 11 is 0. The van der Waals surface area contributed by atoms with Gasteiger partial charge in [-0.1, -0.05) is 0 Å². The second-order valence-corrected chi connectivity index (χ2v) is 6.43. The van der Waals surface area contributed by atoms with E-state index in [0.717, 1.165) is 17.0 Å². The molecule has 0 aromatic carbocycles. The van der Waals surface area contributed by atoms with Crippen LogP contribution in [0, 0.1) is 19.8 Å². The maximum absolute atomic E-state index is 12.9. The molecule has 0 radical (unpaired) electrons. The van der Waals surface area contributed by atoms with Gasteiger partial charge in [0.25, 0.3) is 0 Å². The minimum atomic E-state index is -0.588. The topological polar surface area (TPSA) is 93.6 Å². The molecule has 0 bridgehead atoms. The summed E-state index contributed by atoms with van der Waals surface area (Å²) in [5.74, 6) is -0.175. The van der Waals surface area contributed by atoms with Crippen molar-refractivity contribution in [3.05, 3.63) is 17.0 Å². The first-order valence-electron chi connectivity index (χ1n) is 8.05. The molecule has 1 heterocycles. The maximum Gasteiger partial charge on any atom is 0.226 e. The highest BCUT2D eigenvalue weighted by molar-refractivity contribution is 5.85. The van der Waals surface area contributed by atoms with Crippen LogP contribution in [-0.4, -0.2) is 58.1 Å². The molecule has 2 rings (SSSR count). The molecule has 0 saturated heterocycles. The lowest BCUT2D eigenvalue weighted by molar-refractivity contribution is -0.136. The molecule has 7 nitrogen and oxygen atoms in total. The lowest BCUT2D eigenvalue weighted by atomic mass is 10.1. The van der Waals surface area contributed by atoms with Gasteiger partial charge in [0.2, 0.25) is 5.91 Å². The number of hydrogen-bond acceptors (Lipinski definition) is 5. The monoisotopic (exact) mass is 360 g/mol. The SMILES string of the molecule is COCCN(Cc1c(C)nn(C)c1C)C(=O)[C@H]1C[C@H](N)[C@@H](O)C1.Cl. The second-order valence-electron chi connectivity index (χ2n) is 6.43. The number of carbonyl (C=O) groups excluding carboxylic acids is 1. The lowest BCUT2D eigenvalue weighted by Crippen LogP contribution is -2.38. The van der Waals surface area contributed by atoms with Crippen LogP contribution >= 0.6 is 12.4 Å². The van der Waals surface area contributed by atoms with E-state index in [2.05, 4.69) is 5.10 Å². The third-order valence-electron chi connectivity index (χ3n) is 4.81. The number of ether oxygens (including phenoxy) is 1. The van der Waals surface area contributed by atoms with Crippen LogP contribution in [0.15, 0.2) is 0 Å². The van der Waals surface area contributed by atoms with Gasteiger partial charge >= 0.3 is 0 Å². The number of nitrogens with two attached hydrogens (primary N) is 1. The van der Waals surface area contributed by atoms with Crippen molar-refractivity contribution in [2.75, 3.05) is 20.3 Å². The number of halogens is 1. The van der Waals surface area contributed by atoms with Crippen molar-refractivity contribution < 1.29 is 14.6 Å². The van der Waals surface area contributed by atoms with Gasteiger partial charge in [-0.25, -0.2) is 0 Å². The maximum atomic E-state index is 12.9. The molecule has 1 aliphatic carbocycles. The number of aromatic nitrogens is 2. The lowest BCUT2D eigenvalue weighted by Gasteiger charge is -2.25. The van der Waals surface area contributed by atoms with E-state index in [1.54, 1.807) is 12.0 Å². The number of nitrogens with zero attached hydrogens (tertiary/aromatic N) is 3.